The first kappa shape index (κ1) is 18.5. The van der Waals surface area contributed by atoms with Crippen LogP contribution in [0.4, 0.5) is 0 Å². The molecule has 0 rings (SSSR count). The van der Waals surface area contributed by atoms with Crippen LogP contribution in [-0.4, -0.2) is 12.1 Å². The Morgan fingerprint density at radius 1 is 1.05 bits per heavy atom. The predicted molar refractivity (Wildman–Crippen MR) is 82.1 cm³/mol. The van der Waals surface area contributed by atoms with Gasteiger partial charge in [0.1, 0.15) is 6.10 Å². The van der Waals surface area contributed by atoms with E-state index in [-0.39, 0.29) is 17.5 Å². The van der Waals surface area contributed by atoms with E-state index in [4.69, 9.17) is 4.74 Å². The van der Waals surface area contributed by atoms with Crippen molar-refractivity contribution in [2.45, 2.75) is 86.7 Å². The molecule has 2 nitrogen and oxygen atoms in total. The van der Waals surface area contributed by atoms with Gasteiger partial charge in [-0.05, 0) is 44.9 Å². The molecule has 0 fully saturated rings. The molecule has 0 radical (unpaired) electrons. The number of ether oxygens (including phenoxy) is 1. The van der Waals surface area contributed by atoms with Gasteiger partial charge in [0.25, 0.3) is 0 Å². The Bertz CT molecular complexity index is 254. The molecule has 0 aromatic rings. The van der Waals surface area contributed by atoms with Crippen LogP contribution in [0.2, 0.25) is 0 Å². The summed E-state index contributed by atoms with van der Waals surface area (Å²) in [6.07, 6.45) is 5.54. The monoisotopic (exact) mass is 270 g/mol. The Morgan fingerprint density at radius 2 is 1.58 bits per heavy atom. The summed E-state index contributed by atoms with van der Waals surface area (Å²) in [5.41, 5.74) is -0.356. The van der Waals surface area contributed by atoms with Gasteiger partial charge in [-0.2, -0.15) is 0 Å². The zero-order valence-corrected chi connectivity index (χ0v) is 14.1. The van der Waals surface area contributed by atoms with Crippen LogP contribution in [-0.2, 0) is 9.53 Å². The van der Waals surface area contributed by atoms with Crippen LogP contribution < -0.4 is 0 Å². The molecule has 0 saturated heterocycles. The van der Waals surface area contributed by atoms with Crippen molar-refractivity contribution in [1.29, 1.82) is 0 Å². The normalized spacial score (nSPS) is 13.9. The number of hydrogen-bond donors (Lipinski definition) is 0. The van der Waals surface area contributed by atoms with Gasteiger partial charge in [0.2, 0.25) is 0 Å². The summed E-state index contributed by atoms with van der Waals surface area (Å²) in [5, 5.41) is 0. The van der Waals surface area contributed by atoms with Crippen molar-refractivity contribution in [1.82, 2.24) is 0 Å². The van der Waals surface area contributed by atoms with E-state index in [0.717, 1.165) is 25.2 Å². The lowest BCUT2D eigenvalue weighted by atomic mass is 9.90. The summed E-state index contributed by atoms with van der Waals surface area (Å²) in [4.78, 5) is 12.1. The van der Waals surface area contributed by atoms with E-state index in [1.54, 1.807) is 0 Å². The van der Waals surface area contributed by atoms with Crippen LogP contribution in [0, 0.1) is 17.3 Å². The lowest BCUT2D eigenvalue weighted by Crippen LogP contribution is -2.32. The number of rotatable bonds is 9. The molecule has 2 heteroatoms. The minimum absolute atomic E-state index is 0.0439. The molecule has 1 unspecified atom stereocenters. The average Bonchev–Trinajstić information content (AvgIpc) is 2.31. The maximum atomic E-state index is 12.1. The maximum Gasteiger partial charge on any atom is 0.311 e. The molecule has 0 aliphatic rings. The molecule has 0 aromatic heterocycles. The Labute approximate surface area is 120 Å². The van der Waals surface area contributed by atoms with E-state index in [2.05, 4.69) is 27.7 Å². The van der Waals surface area contributed by atoms with E-state index < -0.39 is 0 Å². The van der Waals surface area contributed by atoms with Gasteiger partial charge >= 0.3 is 5.97 Å². The molecule has 1 atom stereocenters. The highest BCUT2D eigenvalue weighted by atomic mass is 16.5. The van der Waals surface area contributed by atoms with Crippen LogP contribution >= 0.6 is 0 Å². The lowest BCUT2D eigenvalue weighted by molar-refractivity contribution is -0.162. The highest BCUT2D eigenvalue weighted by Gasteiger charge is 2.30. The number of unbranched alkanes of at least 4 members (excludes halogenated alkanes) is 1. The molecule has 19 heavy (non-hydrogen) atoms. The van der Waals surface area contributed by atoms with Crippen LogP contribution in [0.15, 0.2) is 0 Å². The maximum absolute atomic E-state index is 12.1. The smallest absolute Gasteiger partial charge is 0.311 e. The fourth-order valence-electron chi connectivity index (χ4n) is 1.87. The number of hydrogen-bond acceptors (Lipinski definition) is 2. The molecule has 0 amide bonds. The molecule has 114 valence electrons. The van der Waals surface area contributed by atoms with Gasteiger partial charge in [0.05, 0.1) is 5.41 Å². The molecule has 0 N–H and O–H groups in total. The minimum atomic E-state index is -0.356. The lowest BCUT2D eigenvalue weighted by Gasteiger charge is -2.27. The zero-order chi connectivity index (χ0) is 15.1. The fourth-order valence-corrected chi connectivity index (χ4v) is 1.87. The second-order valence-corrected chi connectivity index (χ2v) is 7.10. The number of carbonyl (C=O) groups is 1. The highest BCUT2D eigenvalue weighted by Crippen LogP contribution is 2.25. The van der Waals surface area contributed by atoms with Crippen LogP contribution in [0.25, 0.3) is 0 Å². The third kappa shape index (κ3) is 7.59. The van der Waals surface area contributed by atoms with E-state index >= 15 is 0 Å². The minimum Gasteiger partial charge on any atom is -0.462 e. The molecule has 0 aliphatic heterocycles. The molecule has 0 aromatic carbocycles. The third-order valence-corrected chi connectivity index (χ3v) is 3.96. The Hall–Kier alpha value is -0.530. The number of carbonyl (C=O) groups excluding carboxylic acids is 1. The van der Waals surface area contributed by atoms with E-state index in [1.165, 1.54) is 12.8 Å². The Balaban J connectivity index is 4.23. The van der Waals surface area contributed by atoms with Gasteiger partial charge in [-0.3, -0.25) is 4.79 Å². The summed E-state index contributed by atoms with van der Waals surface area (Å²) in [5.74, 6) is 1.12. The van der Waals surface area contributed by atoms with Crippen molar-refractivity contribution in [3.05, 3.63) is 0 Å². The molecular formula is C17H34O2. The van der Waals surface area contributed by atoms with E-state index in [1.807, 2.05) is 20.8 Å². The molecule has 0 heterocycles. The molecule has 0 saturated carbocycles. The van der Waals surface area contributed by atoms with Crippen LogP contribution in [0.3, 0.4) is 0 Å². The van der Waals surface area contributed by atoms with Gasteiger partial charge < -0.3 is 4.74 Å². The first-order valence-corrected chi connectivity index (χ1v) is 7.91. The van der Waals surface area contributed by atoms with Crippen molar-refractivity contribution in [3.8, 4) is 0 Å². The molecule has 0 aliphatic carbocycles. The summed E-state index contributed by atoms with van der Waals surface area (Å²) in [6, 6.07) is 0. The molecule has 0 bridgehead atoms. The van der Waals surface area contributed by atoms with Gasteiger partial charge in [0.15, 0.2) is 0 Å². The molecule has 0 spiro atoms. The van der Waals surface area contributed by atoms with Crippen LogP contribution in [0.1, 0.15) is 80.6 Å². The largest absolute Gasteiger partial charge is 0.462 e. The predicted octanol–water partition coefficient (Wildman–Crippen LogP) is 5.21. The van der Waals surface area contributed by atoms with Crippen molar-refractivity contribution in [2.75, 3.05) is 0 Å². The number of esters is 1. The van der Waals surface area contributed by atoms with E-state index in [9.17, 15) is 4.79 Å². The van der Waals surface area contributed by atoms with Gasteiger partial charge in [-0.1, -0.05) is 47.5 Å². The van der Waals surface area contributed by atoms with Crippen molar-refractivity contribution >= 4 is 5.97 Å². The quantitative estimate of drug-likeness (QED) is 0.425. The van der Waals surface area contributed by atoms with Crippen LogP contribution in [0.5, 0.6) is 0 Å². The summed E-state index contributed by atoms with van der Waals surface area (Å²) < 4.78 is 5.74. The SMILES string of the molecule is CCC(C)(C)C(=O)OC(CCCCC(C)C)C(C)C. The van der Waals surface area contributed by atoms with Gasteiger partial charge in [-0.15, -0.1) is 0 Å². The van der Waals surface area contributed by atoms with Crippen molar-refractivity contribution in [3.63, 3.8) is 0 Å². The van der Waals surface area contributed by atoms with Gasteiger partial charge in [-0.25, -0.2) is 0 Å². The first-order chi connectivity index (χ1) is 8.70. The topological polar surface area (TPSA) is 26.3 Å². The third-order valence-electron chi connectivity index (χ3n) is 3.96. The molecular weight excluding hydrogens is 236 g/mol. The average molecular weight is 270 g/mol. The highest BCUT2D eigenvalue weighted by molar-refractivity contribution is 5.76. The van der Waals surface area contributed by atoms with Gasteiger partial charge in [0, 0.05) is 0 Å². The first-order valence-electron chi connectivity index (χ1n) is 7.91. The second kappa shape index (κ2) is 8.60. The standard InChI is InChI=1S/C17H34O2/c1-8-17(6,7)16(18)19-15(14(4)5)12-10-9-11-13(2)3/h13-15H,8-12H2,1-7H3. The summed E-state index contributed by atoms with van der Waals surface area (Å²) >= 11 is 0. The fraction of sp³-hybridized carbons (Fsp3) is 0.941. The summed E-state index contributed by atoms with van der Waals surface area (Å²) in [6.45, 7) is 14.7. The van der Waals surface area contributed by atoms with Crippen molar-refractivity contribution < 1.29 is 9.53 Å². The van der Waals surface area contributed by atoms with E-state index in [0.29, 0.717) is 5.92 Å². The van der Waals surface area contributed by atoms with Crippen molar-refractivity contribution in [2.24, 2.45) is 17.3 Å². The zero-order valence-electron chi connectivity index (χ0n) is 14.1. The second-order valence-electron chi connectivity index (χ2n) is 7.10. The summed E-state index contributed by atoms with van der Waals surface area (Å²) in [7, 11) is 0. The Morgan fingerprint density at radius 3 is 2.00 bits per heavy atom. The Kier molecular flexibility index (Phi) is 8.36.